The van der Waals surface area contributed by atoms with E-state index in [0.717, 1.165) is 22.5 Å². The third-order valence-corrected chi connectivity index (χ3v) is 5.70. The Kier molecular flexibility index (Phi) is 4.35. The van der Waals surface area contributed by atoms with E-state index in [1.165, 1.54) is 6.07 Å². The zero-order valence-electron chi connectivity index (χ0n) is 17.5. The Labute approximate surface area is 190 Å². The molecule has 0 saturated heterocycles. The molecular weight excluding hydrogens is 435 g/mol. The number of fused-ring (bicyclic) bond motifs is 2. The molecule has 0 saturated carbocycles. The topological polar surface area (TPSA) is 121 Å². The third-order valence-electron chi connectivity index (χ3n) is 5.70. The molecule has 0 amide bonds. The predicted octanol–water partition coefficient (Wildman–Crippen LogP) is 3.51. The molecular formula is C24H15FN8O. The quantitative estimate of drug-likeness (QED) is 0.426. The Morgan fingerprint density at radius 3 is 2.74 bits per heavy atom. The van der Waals surface area contributed by atoms with Crippen molar-refractivity contribution in [1.29, 1.82) is 5.26 Å². The van der Waals surface area contributed by atoms with Crippen LogP contribution < -0.4 is 5.69 Å². The van der Waals surface area contributed by atoms with Crippen LogP contribution in [0.4, 0.5) is 4.39 Å². The van der Waals surface area contributed by atoms with Crippen molar-refractivity contribution in [3.63, 3.8) is 0 Å². The highest BCUT2D eigenvalue weighted by atomic mass is 19.1. The van der Waals surface area contributed by atoms with Crippen LogP contribution in [0.15, 0.2) is 71.7 Å². The number of aromatic nitrogens is 7. The van der Waals surface area contributed by atoms with E-state index in [9.17, 15) is 9.18 Å². The van der Waals surface area contributed by atoms with E-state index in [2.05, 4.69) is 25.4 Å². The van der Waals surface area contributed by atoms with E-state index in [-0.39, 0.29) is 17.8 Å². The Hall–Kier alpha value is -5.04. The van der Waals surface area contributed by atoms with Gasteiger partial charge in [-0.25, -0.2) is 13.9 Å². The van der Waals surface area contributed by atoms with Crippen molar-refractivity contribution in [2.24, 2.45) is 0 Å². The number of H-pyrrole nitrogens is 2. The first kappa shape index (κ1) is 19.6. The minimum atomic E-state index is -0.448. The average Bonchev–Trinajstić information content (AvgIpc) is 3.56. The van der Waals surface area contributed by atoms with Crippen molar-refractivity contribution >= 4 is 22.1 Å². The predicted molar refractivity (Wildman–Crippen MR) is 123 cm³/mol. The van der Waals surface area contributed by atoms with Gasteiger partial charge in [0.15, 0.2) is 0 Å². The number of benzene rings is 3. The number of hydrogen-bond acceptors (Lipinski definition) is 5. The molecule has 9 nitrogen and oxygen atoms in total. The first-order valence-corrected chi connectivity index (χ1v) is 10.4. The molecule has 0 fully saturated rings. The highest BCUT2D eigenvalue weighted by Crippen LogP contribution is 2.26. The van der Waals surface area contributed by atoms with Gasteiger partial charge in [0.1, 0.15) is 11.3 Å². The van der Waals surface area contributed by atoms with Crippen molar-refractivity contribution in [1.82, 2.24) is 34.7 Å². The summed E-state index contributed by atoms with van der Waals surface area (Å²) in [7, 11) is 0. The molecule has 0 unspecified atom stereocenters. The van der Waals surface area contributed by atoms with Crippen LogP contribution in [-0.2, 0) is 6.54 Å². The van der Waals surface area contributed by atoms with Gasteiger partial charge in [-0.1, -0.05) is 17.3 Å². The second-order valence-electron chi connectivity index (χ2n) is 7.81. The van der Waals surface area contributed by atoms with E-state index in [4.69, 9.17) is 5.26 Å². The summed E-state index contributed by atoms with van der Waals surface area (Å²) >= 11 is 0. The second kappa shape index (κ2) is 7.53. The van der Waals surface area contributed by atoms with Crippen LogP contribution in [-0.4, -0.2) is 34.7 Å². The number of halogens is 1. The lowest BCUT2D eigenvalue weighted by atomic mass is 10.1. The lowest BCUT2D eigenvalue weighted by molar-refractivity contribution is 0.586. The van der Waals surface area contributed by atoms with E-state index < -0.39 is 5.82 Å². The maximum atomic E-state index is 14.4. The van der Waals surface area contributed by atoms with Crippen molar-refractivity contribution < 1.29 is 4.39 Å². The van der Waals surface area contributed by atoms with Gasteiger partial charge < -0.3 is 9.97 Å². The van der Waals surface area contributed by atoms with Gasteiger partial charge in [0.05, 0.1) is 46.1 Å². The smallest absolute Gasteiger partial charge is 0.306 e. The van der Waals surface area contributed by atoms with Crippen LogP contribution in [0.1, 0.15) is 11.1 Å². The van der Waals surface area contributed by atoms with Gasteiger partial charge in [-0.05, 0) is 48.5 Å². The summed E-state index contributed by atoms with van der Waals surface area (Å²) in [5, 5.41) is 21.9. The number of nitrogens with one attached hydrogen (secondary N) is 2. The fourth-order valence-electron chi connectivity index (χ4n) is 4.03. The number of aromatic amines is 2. The zero-order chi connectivity index (χ0) is 23.2. The average molecular weight is 450 g/mol. The van der Waals surface area contributed by atoms with E-state index in [0.29, 0.717) is 22.1 Å². The molecule has 0 radical (unpaired) electrons. The molecule has 0 atom stereocenters. The molecule has 6 rings (SSSR count). The van der Waals surface area contributed by atoms with Gasteiger partial charge in [-0.2, -0.15) is 10.4 Å². The Balaban J connectivity index is 1.40. The van der Waals surface area contributed by atoms with Gasteiger partial charge in [0, 0.05) is 17.3 Å². The summed E-state index contributed by atoms with van der Waals surface area (Å²) in [6.45, 7) is 0.215. The van der Waals surface area contributed by atoms with Gasteiger partial charge >= 0.3 is 5.69 Å². The van der Waals surface area contributed by atoms with Crippen LogP contribution in [0.2, 0.25) is 0 Å². The maximum absolute atomic E-state index is 14.4. The SMILES string of the molecule is N#Cc1ccc(Cn2nccc2-c2ccc3nnn(-c4ccc5[nH]c(=O)[nH]c5c4)c3c2)c(F)c1. The number of nitriles is 1. The molecule has 10 heteroatoms. The number of imidazole rings is 1. The largest absolute Gasteiger partial charge is 0.323 e. The first-order chi connectivity index (χ1) is 16.6. The third kappa shape index (κ3) is 3.23. The molecule has 6 aromatic rings. The molecule has 0 aliphatic heterocycles. The number of nitrogens with zero attached hydrogens (tertiary/aromatic N) is 6. The molecule has 164 valence electrons. The minimum absolute atomic E-state index is 0.215. The first-order valence-electron chi connectivity index (χ1n) is 10.4. The van der Waals surface area contributed by atoms with E-state index >= 15 is 0 Å². The van der Waals surface area contributed by atoms with Crippen molar-refractivity contribution in [3.8, 4) is 23.0 Å². The zero-order valence-corrected chi connectivity index (χ0v) is 17.5. The minimum Gasteiger partial charge on any atom is -0.306 e. The highest BCUT2D eigenvalue weighted by Gasteiger charge is 2.13. The summed E-state index contributed by atoms with van der Waals surface area (Å²) in [5.74, 6) is -0.448. The van der Waals surface area contributed by atoms with Gasteiger partial charge in [-0.3, -0.25) is 4.68 Å². The Morgan fingerprint density at radius 1 is 1.00 bits per heavy atom. The van der Waals surface area contributed by atoms with Crippen LogP contribution >= 0.6 is 0 Å². The van der Waals surface area contributed by atoms with Crippen molar-refractivity contribution in [2.75, 3.05) is 0 Å². The van der Waals surface area contributed by atoms with Gasteiger partial charge in [-0.15, -0.1) is 5.10 Å². The molecule has 34 heavy (non-hydrogen) atoms. The van der Waals surface area contributed by atoms with Crippen LogP contribution in [0, 0.1) is 17.1 Å². The van der Waals surface area contributed by atoms with Crippen LogP contribution in [0.3, 0.4) is 0 Å². The summed E-state index contributed by atoms with van der Waals surface area (Å²) < 4.78 is 17.9. The van der Waals surface area contributed by atoms with Crippen molar-refractivity contribution in [3.05, 3.63) is 94.3 Å². The second-order valence-corrected chi connectivity index (χ2v) is 7.81. The monoisotopic (exact) mass is 450 g/mol. The highest BCUT2D eigenvalue weighted by molar-refractivity contribution is 5.83. The lowest BCUT2D eigenvalue weighted by Crippen LogP contribution is -2.06. The number of rotatable bonds is 4. The van der Waals surface area contributed by atoms with Crippen LogP contribution in [0.5, 0.6) is 0 Å². The summed E-state index contributed by atoms with van der Waals surface area (Å²) in [4.78, 5) is 17.1. The molecule has 0 spiro atoms. The fraction of sp³-hybridized carbons (Fsp3) is 0.0417. The van der Waals surface area contributed by atoms with Crippen molar-refractivity contribution in [2.45, 2.75) is 6.54 Å². The summed E-state index contributed by atoms with van der Waals surface area (Å²) in [5.41, 5.74) is 5.69. The molecule has 0 aliphatic rings. The standard InChI is InChI=1S/C24H15FN8O/c25-18-9-14(12-26)1-2-16(18)13-32-22(7-8-27-32)15-3-5-20-23(10-15)33(31-30-20)17-4-6-19-21(11-17)29-24(34)28-19/h1-11H,13H2,(H2,28,29,34). The Bertz CT molecular complexity index is 1800. The van der Waals surface area contributed by atoms with Gasteiger partial charge in [0.25, 0.3) is 0 Å². The molecule has 0 aliphatic carbocycles. The summed E-state index contributed by atoms with van der Waals surface area (Å²) in [6.07, 6.45) is 1.66. The molecule has 0 bridgehead atoms. The van der Waals surface area contributed by atoms with Gasteiger partial charge in [0.2, 0.25) is 0 Å². The summed E-state index contributed by atoms with van der Waals surface area (Å²) in [6, 6.07) is 19.4. The number of hydrogen-bond donors (Lipinski definition) is 2. The van der Waals surface area contributed by atoms with E-state index in [1.54, 1.807) is 33.8 Å². The molecule has 2 N–H and O–H groups in total. The van der Waals surface area contributed by atoms with Crippen LogP contribution in [0.25, 0.3) is 39.0 Å². The Morgan fingerprint density at radius 2 is 1.88 bits per heavy atom. The maximum Gasteiger partial charge on any atom is 0.323 e. The lowest BCUT2D eigenvalue weighted by Gasteiger charge is -2.10. The molecule has 3 aromatic carbocycles. The molecule has 3 heterocycles. The normalized spacial score (nSPS) is 11.3. The fourth-order valence-corrected chi connectivity index (χ4v) is 4.03. The van der Waals surface area contributed by atoms with E-state index in [1.807, 2.05) is 42.5 Å². The molecule has 3 aromatic heterocycles.